The third-order valence-electron chi connectivity index (χ3n) is 4.69. The van der Waals surface area contributed by atoms with E-state index in [9.17, 15) is 35.9 Å². The number of halogens is 6. The zero-order valence-electron chi connectivity index (χ0n) is 20.9. The van der Waals surface area contributed by atoms with Crippen molar-refractivity contribution in [1.82, 2.24) is 25.1 Å². The Balaban J connectivity index is 0.000000281. The molecule has 0 spiro atoms. The first-order chi connectivity index (χ1) is 17.6. The predicted octanol–water partition coefficient (Wildman–Crippen LogP) is 2.14. The number of rotatable bonds is 5. The summed E-state index contributed by atoms with van der Waals surface area (Å²) in [5, 5.41) is 16.3. The smallest absolute Gasteiger partial charge is 0.396 e. The highest BCUT2D eigenvalue weighted by molar-refractivity contribution is 5.76. The average molecular weight is 527 g/mol. The van der Waals surface area contributed by atoms with Crippen molar-refractivity contribution < 1.29 is 39.0 Å². The molecule has 3 heterocycles. The van der Waals surface area contributed by atoms with Gasteiger partial charge in [-0.3, -0.25) is 9.59 Å². The molecule has 1 amide bonds. The molecule has 1 saturated heterocycles. The second-order valence-electron chi connectivity index (χ2n) is 7.55. The molecule has 0 radical (unpaired) electrons. The van der Waals surface area contributed by atoms with Gasteiger partial charge in [0.25, 0.3) is 5.56 Å². The topological polar surface area (TPSA) is 127 Å². The molecule has 2 aromatic heterocycles. The molecule has 3 N–H and O–H groups in total. The Morgan fingerprint density at radius 2 is 1.78 bits per heavy atom. The summed E-state index contributed by atoms with van der Waals surface area (Å²) in [6.07, 6.45) is -7.14. The quantitative estimate of drug-likeness (QED) is 0.505. The van der Waals surface area contributed by atoms with Gasteiger partial charge in [-0.15, -0.1) is 0 Å². The van der Waals surface area contributed by atoms with Gasteiger partial charge in [-0.25, -0.2) is 15.1 Å². The van der Waals surface area contributed by atoms with E-state index in [0.717, 1.165) is 18.6 Å². The number of carbonyl (C=O) groups excluding carboxylic acids is 1. The van der Waals surface area contributed by atoms with E-state index in [-0.39, 0.29) is 25.2 Å². The fraction of sp³-hybridized carbons (Fsp3) is 0.550. The number of hydrogen-bond acceptors (Lipinski definition) is 8. The largest absolute Gasteiger partial charge is 0.423 e. The van der Waals surface area contributed by atoms with Crippen LogP contribution in [0, 0.1) is 0 Å². The number of amides is 1. The first-order valence-electron chi connectivity index (χ1n) is 11.6. The van der Waals surface area contributed by atoms with Crippen LogP contribution in [0.25, 0.3) is 0 Å². The van der Waals surface area contributed by atoms with Crippen LogP contribution in [0.1, 0.15) is 34.1 Å². The summed E-state index contributed by atoms with van der Waals surface area (Å²) < 4.78 is 88.8. The van der Waals surface area contributed by atoms with Crippen LogP contribution in [0.3, 0.4) is 0 Å². The van der Waals surface area contributed by atoms with Gasteiger partial charge in [0.1, 0.15) is 5.56 Å². The van der Waals surface area contributed by atoms with Gasteiger partial charge in [0, 0.05) is 52.4 Å². The number of aromatic amines is 1. The fourth-order valence-corrected chi connectivity index (χ4v) is 3.05. The van der Waals surface area contributed by atoms with Crippen LogP contribution in [-0.2, 0) is 17.1 Å². The van der Waals surface area contributed by atoms with Crippen LogP contribution < -0.4 is 15.8 Å². The normalized spacial score (nSPS) is 16.8. The zero-order valence-corrected chi connectivity index (χ0v) is 18.9. The van der Waals surface area contributed by atoms with Crippen molar-refractivity contribution in [3.05, 3.63) is 40.1 Å². The molecular weight excluding hydrogens is 500 g/mol. The number of aromatic nitrogens is 4. The number of anilines is 2. The molecular formula is C20H25F6N7O3. The van der Waals surface area contributed by atoms with Crippen LogP contribution in [0.5, 0.6) is 0 Å². The highest BCUT2D eigenvalue weighted by Gasteiger charge is 2.37. The second kappa shape index (κ2) is 12.0. The Labute approximate surface area is 204 Å². The molecule has 16 heteroatoms. The van der Waals surface area contributed by atoms with Crippen molar-refractivity contribution >= 4 is 17.5 Å². The minimum Gasteiger partial charge on any atom is -0.396 e. The highest BCUT2D eigenvalue weighted by Crippen LogP contribution is 2.31. The minimum atomic E-state index is -4.75. The van der Waals surface area contributed by atoms with Crippen molar-refractivity contribution in [3.8, 4) is 0 Å². The molecule has 1 fully saturated rings. The molecule has 3 rings (SSSR count). The average Bonchev–Trinajstić information content (AvgIpc) is 2.83. The first-order valence-corrected chi connectivity index (χ1v) is 10.4. The maximum absolute atomic E-state index is 12.5. The fourth-order valence-electron chi connectivity index (χ4n) is 3.05. The molecule has 0 saturated carbocycles. The summed E-state index contributed by atoms with van der Waals surface area (Å²) in [5.74, 6) is -0.142. The highest BCUT2D eigenvalue weighted by atomic mass is 19.4. The zero-order chi connectivity index (χ0) is 28.7. The van der Waals surface area contributed by atoms with Gasteiger partial charge in [-0.1, -0.05) is 0 Å². The van der Waals surface area contributed by atoms with Crippen LogP contribution >= 0.6 is 0 Å². The van der Waals surface area contributed by atoms with Gasteiger partial charge < -0.3 is 20.2 Å². The number of aliphatic hydroxyl groups is 1. The number of hydrogen-bond donors (Lipinski definition) is 3. The van der Waals surface area contributed by atoms with Crippen LogP contribution in [0.15, 0.2) is 23.4 Å². The molecule has 200 valence electrons. The van der Waals surface area contributed by atoms with E-state index < -0.39 is 47.4 Å². The summed E-state index contributed by atoms with van der Waals surface area (Å²) in [6.45, 7) is 1.43. The third kappa shape index (κ3) is 8.07. The SMILES string of the molecule is [2H]C(O)CC(=O)N1CCN(c2ncc(C(F)(F)F)cn2)CC1.[2H]CC(C)Nc1cn[nH]c(=O)c1C(F)(F)F. The summed E-state index contributed by atoms with van der Waals surface area (Å²) in [7, 11) is 0. The Morgan fingerprint density at radius 3 is 2.28 bits per heavy atom. The molecule has 36 heavy (non-hydrogen) atoms. The predicted molar refractivity (Wildman–Crippen MR) is 116 cm³/mol. The van der Waals surface area contributed by atoms with Crippen molar-refractivity contribution in [2.45, 2.75) is 38.6 Å². The third-order valence-corrected chi connectivity index (χ3v) is 4.69. The summed E-state index contributed by atoms with van der Waals surface area (Å²) >= 11 is 0. The van der Waals surface area contributed by atoms with Crippen LogP contribution in [0.4, 0.5) is 38.0 Å². The summed E-state index contributed by atoms with van der Waals surface area (Å²) in [4.78, 5) is 33.3. The Hall–Kier alpha value is -3.43. The van der Waals surface area contributed by atoms with Gasteiger partial charge in [0.2, 0.25) is 11.9 Å². The summed E-state index contributed by atoms with van der Waals surface area (Å²) in [5.41, 5.74) is -3.93. The molecule has 0 aliphatic carbocycles. The Bertz CT molecular complexity index is 1110. The number of piperazine rings is 1. The van der Waals surface area contributed by atoms with E-state index in [0.29, 0.717) is 26.2 Å². The molecule has 10 nitrogen and oxygen atoms in total. The Kier molecular flexibility index (Phi) is 8.56. The maximum Gasteiger partial charge on any atom is 0.423 e. The number of aliphatic hydroxyl groups excluding tert-OH is 1. The Morgan fingerprint density at radius 1 is 1.17 bits per heavy atom. The van der Waals surface area contributed by atoms with Gasteiger partial charge in [-0.2, -0.15) is 31.4 Å². The van der Waals surface area contributed by atoms with Gasteiger partial charge in [-0.05, 0) is 13.8 Å². The number of carbonyl (C=O) groups is 1. The molecule has 2 unspecified atom stereocenters. The number of alkyl halides is 6. The standard InChI is InChI=1S/C12H15F3N4O2.C8H10F3N3O/c13-12(14,15)9-7-16-11(17-8-9)19-4-2-18(3-5-19)10(21)1-6-20;1-4(2)13-5-3-12-14-7(15)6(5)8(9,10)11/h7-8,20H,1-6H2;3-4H,1-2H3,(H2,13,14,15)/i6D;1D. The lowest BCUT2D eigenvalue weighted by atomic mass is 10.2. The van der Waals surface area contributed by atoms with Crippen molar-refractivity contribution in [2.24, 2.45) is 0 Å². The van der Waals surface area contributed by atoms with Crippen molar-refractivity contribution in [2.75, 3.05) is 43.0 Å². The maximum atomic E-state index is 12.5. The lowest BCUT2D eigenvalue weighted by Crippen LogP contribution is -2.49. The second-order valence-corrected chi connectivity index (χ2v) is 7.55. The van der Waals surface area contributed by atoms with E-state index in [1.54, 1.807) is 10.00 Å². The van der Waals surface area contributed by atoms with Crippen LogP contribution in [0.2, 0.25) is 0 Å². The molecule has 0 aromatic carbocycles. The lowest BCUT2D eigenvalue weighted by molar-refractivity contribution is -0.139. The van der Waals surface area contributed by atoms with E-state index in [4.69, 9.17) is 7.85 Å². The van der Waals surface area contributed by atoms with Crippen LogP contribution in [-0.4, -0.2) is 74.9 Å². The monoisotopic (exact) mass is 527 g/mol. The molecule has 1 aliphatic heterocycles. The molecule has 2 aromatic rings. The van der Waals surface area contributed by atoms with Crippen molar-refractivity contribution in [3.63, 3.8) is 0 Å². The number of nitrogens with zero attached hydrogens (tertiary/aromatic N) is 5. The number of H-pyrrole nitrogens is 1. The van der Waals surface area contributed by atoms with E-state index >= 15 is 0 Å². The summed E-state index contributed by atoms with van der Waals surface area (Å²) in [6, 6.07) is -0.496. The van der Waals surface area contributed by atoms with E-state index in [1.807, 2.05) is 0 Å². The van der Waals surface area contributed by atoms with Gasteiger partial charge in [0.15, 0.2) is 0 Å². The first kappa shape index (κ1) is 25.7. The number of nitrogens with one attached hydrogen (secondary N) is 2. The van der Waals surface area contributed by atoms with Gasteiger partial charge >= 0.3 is 12.4 Å². The molecule has 2 atom stereocenters. The van der Waals surface area contributed by atoms with E-state index in [2.05, 4.69) is 20.4 Å². The van der Waals surface area contributed by atoms with Crippen molar-refractivity contribution in [1.29, 1.82) is 0 Å². The molecule has 1 aliphatic rings. The minimum absolute atomic E-state index is 0.107. The van der Waals surface area contributed by atoms with Gasteiger partial charge in [0.05, 0.1) is 25.4 Å². The molecule has 0 bridgehead atoms. The van der Waals surface area contributed by atoms with E-state index in [1.165, 1.54) is 11.8 Å². The lowest BCUT2D eigenvalue weighted by Gasteiger charge is -2.34.